The number of carbonyl (C=O) groups is 2. The Hall–Kier alpha value is -2.00. The van der Waals surface area contributed by atoms with Gasteiger partial charge in [0, 0.05) is 4.70 Å². The molecule has 84 valence electrons. The van der Waals surface area contributed by atoms with Crippen LogP contribution in [-0.4, -0.2) is 11.6 Å². The lowest BCUT2D eigenvalue weighted by Crippen LogP contribution is -1.97. The summed E-state index contributed by atoms with van der Waals surface area (Å²) in [6, 6.07) is 10.5. The van der Waals surface area contributed by atoms with Gasteiger partial charge in [-0.15, -0.1) is 11.3 Å². The van der Waals surface area contributed by atoms with Crippen LogP contribution in [0.25, 0.3) is 10.1 Å². The molecule has 0 fully saturated rings. The molecule has 0 saturated carbocycles. The number of allylic oxidation sites excluding steroid dienone is 4. The molecular weight excluding hydrogens is 232 g/mol. The van der Waals surface area contributed by atoms with Crippen LogP contribution in [-0.2, 0) is 9.59 Å². The van der Waals surface area contributed by atoms with Crippen molar-refractivity contribution >= 4 is 33.0 Å². The van der Waals surface area contributed by atoms with Crippen molar-refractivity contribution < 1.29 is 9.59 Å². The van der Waals surface area contributed by atoms with Crippen molar-refractivity contribution in [2.45, 2.75) is 0 Å². The number of thiophene rings is 1. The molecule has 1 heterocycles. The normalized spacial score (nSPS) is 13.6. The van der Waals surface area contributed by atoms with Crippen molar-refractivity contribution in [3.8, 4) is 0 Å². The van der Waals surface area contributed by atoms with Gasteiger partial charge in [0.15, 0.2) is 11.6 Å². The number of rotatable bonds is 0. The minimum absolute atomic E-state index is 0.121. The second-order valence-corrected chi connectivity index (χ2v) is 4.38. The molecule has 0 atom stereocenters. The number of carbonyl (C=O) groups excluding carboxylic acids is 2. The molecule has 3 heteroatoms. The van der Waals surface area contributed by atoms with Crippen molar-refractivity contribution in [3.63, 3.8) is 0 Å². The summed E-state index contributed by atoms with van der Waals surface area (Å²) in [5.41, 5.74) is 0. The van der Waals surface area contributed by atoms with Crippen LogP contribution in [0.3, 0.4) is 0 Å². The van der Waals surface area contributed by atoms with Gasteiger partial charge in [0.2, 0.25) is 0 Å². The van der Waals surface area contributed by atoms with Crippen LogP contribution in [0.5, 0.6) is 0 Å². The predicted octanol–water partition coefficient (Wildman–Crippen LogP) is 3.15. The second kappa shape index (κ2) is 5.37. The van der Waals surface area contributed by atoms with E-state index in [-0.39, 0.29) is 11.6 Å². The maximum Gasteiger partial charge on any atom is 0.178 e. The highest BCUT2D eigenvalue weighted by atomic mass is 32.1. The minimum Gasteiger partial charge on any atom is -0.290 e. The first-order valence-electron chi connectivity index (χ1n) is 5.12. The Balaban J connectivity index is 0.000000128. The number of hydrogen-bond donors (Lipinski definition) is 0. The molecule has 0 unspecified atom stereocenters. The molecule has 0 radical (unpaired) electrons. The van der Waals surface area contributed by atoms with Crippen LogP contribution >= 0.6 is 11.3 Å². The summed E-state index contributed by atoms with van der Waals surface area (Å²) in [6.07, 6.45) is 5.01. The molecule has 0 N–H and O–H groups in total. The van der Waals surface area contributed by atoms with Gasteiger partial charge in [-0.25, -0.2) is 0 Å². The van der Waals surface area contributed by atoms with E-state index in [4.69, 9.17) is 0 Å². The molecule has 0 spiro atoms. The van der Waals surface area contributed by atoms with E-state index in [0.29, 0.717) is 0 Å². The van der Waals surface area contributed by atoms with E-state index < -0.39 is 0 Å². The van der Waals surface area contributed by atoms with E-state index in [2.05, 4.69) is 35.7 Å². The highest BCUT2D eigenvalue weighted by Crippen LogP contribution is 2.18. The molecule has 1 aromatic heterocycles. The quantitative estimate of drug-likeness (QED) is 0.665. The zero-order valence-corrected chi connectivity index (χ0v) is 9.81. The third-order valence-electron chi connectivity index (χ3n) is 2.19. The van der Waals surface area contributed by atoms with Gasteiger partial charge in [-0.2, -0.15) is 0 Å². The molecule has 0 amide bonds. The van der Waals surface area contributed by atoms with E-state index in [1.54, 1.807) is 11.3 Å². The number of fused-ring (bicyclic) bond motifs is 1. The zero-order valence-electron chi connectivity index (χ0n) is 9.00. The molecule has 0 saturated heterocycles. The van der Waals surface area contributed by atoms with Crippen molar-refractivity contribution in [3.05, 3.63) is 60.0 Å². The Kier molecular flexibility index (Phi) is 3.62. The SMILES string of the molecule is O=C1C=CC(=O)C=C1.c1ccc2sccc2c1. The summed E-state index contributed by atoms with van der Waals surface area (Å²) >= 11 is 1.79. The summed E-state index contributed by atoms with van der Waals surface area (Å²) in [7, 11) is 0. The van der Waals surface area contributed by atoms with Gasteiger partial charge in [0.1, 0.15) is 0 Å². The number of ketones is 2. The maximum absolute atomic E-state index is 10.3. The lowest BCUT2D eigenvalue weighted by Gasteiger charge is -1.87. The monoisotopic (exact) mass is 242 g/mol. The van der Waals surface area contributed by atoms with Gasteiger partial charge in [0.05, 0.1) is 0 Å². The lowest BCUT2D eigenvalue weighted by atomic mass is 10.2. The maximum atomic E-state index is 10.3. The minimum atomic E-state index is -0.121. The fraction of sp³-hybridized carbons (Fsp3) is 0. The van der Waals surface area contributed by atoms with E-state index in [1.807, 2.05) is 0 Å². The molecule has 2 nitrogen and oxygen atoms in total. The summed E-state index contributed by atoms with van der Waals surface area (Å²) < 4.78 is 1.37. The van der Waals surface area contributed by atoms with Gasteiger partial charge in [-0.3, -0.25) is 9.59 Å². The predicted molar refractivity (Wildman–Crippen MR) is 70.1 cm³/mol. The Labute approximate surface area is 103 Å². The Bertz CT molecular complexity index is 537. The Morgan fingerprint density at radius 3 is 1.94 bits per heavy atom. The molecule has 1 aromatic carbocycles. The van der Waals surface area contributed by atoms with Gasteiger partial charge in [-0.1, -0.05) is 18.2 Å². The number of benzene rings is 1. The van der Waals surface area contributed by atoms with Crippen LogP contribution in [0.4, 0.5) is 0 Å². The van der Waals surface area contributed by atoms with Crippen LogP contribution in [0, 0.1) is 0 Å². The molecule has 2 aromatic rings. The smallest absolute Gasteiger partial charge is 0.178 e. The first-order valence-corrected chi connectivity index (χ1v) is 6.00. The zero-order chi connectivity index (χ0) is 12.1. The summed E-state index contributed by atoms with van der Waals surface area (Å²) in [4.78, 5) is 20.6. The largest absolute Gasteiger partial charge is 0.290 e. The third kappa shape index (κ3) is 3.23. The van der Waals surface area contributed by atoms with Crippen molar-refractivity contribution in [2.75, 3.05) is 0 Å². The average molecular weight is 242 g/mol. The number of hydrogen-bond acceptors (Lipinski definition) is 3. The Morgan fingerprint density at radius 1 is 0.765 bits per heavy atom. The average Bonchev–Trinajstić information content (AvgIpc) is 2.82. The van der Waals surface area contributed by atoms with Gasteiger partial charge >= 0.3 is 0 Å². The molecule has 3 rings (SSSR count). The van der Waals surface area contributed by atoms with Crippen LogP contribution in [0.2, 0.25) is 0 Å². The fourth-order valence-electron chi connectivity index (χ4n) is 1.35. The highest BCUT2D eigenvalue weighted by molar-refractivity contribution is 7.17. The van der Waals surface area contributed by atoms with Crippen LogP contribution < -0.4 is 0 Å². The fourth-order valence-corrected chi connectivity index (χ4v) is 2.14. The van der Waals surface area contributed by atoms with Gasteiger partial charge < -0.3 is 0 Å². The van der Waals surface area contributed by atoms with Crippen LogP contribution in [0.1, 0.15) is 0 Å². The molecule has 0 aliphatic heterocycles. The van der Waals surface area contributed by atoms with Crippen molar-refractivity contribution in [2.24, 2.45) is 0 Å². The van der Waals surface area contributed by atoms with Crippen LogP contribution in [0.15, 0.2) is 60.0 Å². The van der Waals surface area contributed by atoms with E-state index >= 15 is 0 Å². The topological polar surface area (TPSA) is 34.1 Å². The van der Waals surface area contributed by atoms with Gasteiger partial charge in [0.25, 0.3) is 0 Å². The van der Waals surface area contributed by atoms with Crippen molar-refractivity contribution in [1.29, 1.82) is 0 Å². The highest BCUT2D eigenvalue weighted by Gasteiger charge is 1.97. The molecule has 1 aliphatic carbocycles. The standard InChI is InChI=1S/C8H6S.C6H4O2/c1-2-4-8-7(3-1)5-6-9-8;7-5-1-2-6(8)4-3-5/h1-6H;1-4H. The van der Waals surface area contributed by atoms with Crippen molar-refractivity contribution in [1.82, 2.24) is 0 Å². The Morgan fingerprint density at radius 2 is 1.35 bits per heavy atom. The van der Waals surface area contributed by atoms with E-state index in [0.717, 1.165) is 0 Å². The second-order valence-electron chi connectivity index (χ2n) is 3.43. The molecule has 0 bridgehead atoms. The first-order chi connectivity index (χ1) is 8.25. The summed E-state index contributed by atoms with van der Waals surface area (Å²) in [6.45, 7) is 0. The molecule has 17 heavy (non-hydrogen) atoms. The lowest BCUT2D eigenvalue weighted by molar-refractivity contribution is -0.113. The first kappa shape index (κ1) is 11.5. The van der Waals surface area contributed by atoms with Gasteiger partial charge in [-0.05, 0) is 47.2 Å². The molecular formula is C14H10O2S. The van der Waals surface area contributed by atoms with E-state index in [9.17, 15) is 9.59 Å². The summed E-state index contributed by atoms with van der Waals surface area (Å²) in [5.74, 6) is -0.241. The van der Waals surface area contributed by atoms with E-state index in [1.165, 1.54) is 34.4 Å². The summed E-state index contributed by atoms with van der Waals surface area (Å²) in [5, 5.41) is 3.47. The third-order valence-corrected chi connectivity index (χ3v) is 3.08. The molecule has 1 aliphatic rings.